The number of fused-ring (bicyclic) bond motifs is 1. The second-order valence-electron chi connectivity index (χ2n) is 6.03. The molecule has 4 rings (SSSR count). The van der Waals surface area contributed by atoms with E-state index in [4.69, 9.17) is 4.74 Å². The number of hydrogen-bond donors (Lipinski definition) is 1. The van der Waals surface area contributed by atoms with Gasteiger partial charge < -0.3 is 10.1 Å². The van der Waals surface area contributed by atoms with Crippen LogP contribution in [0.15, 0.2) is 79.0 Å². The summed E-state index contributed by atoms with van der Waals surface area (Å²) in [4.78, 5) is 17.2. The van der Waals surface area contributed by atoms with Crippen LogP contribution >= 0.6 is 0 Å². The molecule has 4 nitrogen and oxygen atoms in total. The van der Waals surface area contributed by atoms with Gasteiger partial charge in [0, 0.05) is 12.6 Å². The standard InChI is InChI=1S/C21H18N2O2/c24-21(19-14-16-10-4-5-12-18(16)25-19)23-20(15-8-2-1-3-9-15)17-11-6-7-13-22-17/h1-13,19-20H,14H2,(H,23,24). The summed E-state index contributed by atoms with van der Waals surface area (Å²) in [7, 11) is 0. The van der Waals surface area contributed by atoms with Crippen molar-refractivity contribution in [2.75, 3.05) is 0 Å². The van der Waals surface area contributed by atoms with Gasteiger partial charge in [0.2, 0.25) is 0 Å². The predicted molar refractivity (Wildman–Crippen MR) is 95.2 cm³/mol. The molecule has 0 bridgehead atoms. The van der Waals surface area contributed by atoms with Crippen molar-refractivity contribution in [3.05, 3.63) is 95.8 Å². The van der Waals surface area contributed by atoms with Gasteiger partial charge in [-0.05, 0) is 29.3 Å². The van der Waals surface area contributed by atoms with Crippen LogP contribution in [-0.2, 0) is 11.2 Å². The fourth-order valence-corrected chi connectivity index (χ4v) is 3.08. The quantitative estimate of drug-likeness (QED) is 0.798. The van der Waals surface area contributed by atoms with Gasteiger partial charge in [-0.3, -0.25) is 9.78 Å². The molecule has 1 N–H and O–H groups in total. The third-order valence-electron chi connectivity index (χ3n) is 4.34. The van der Waals surface area contributed by atoms with Gasteiger partial charge in [0.05, 0.1) is 11.7 Å². The molecule has 124 valence electrons. The molecule has 1 aliphatic rings. The number of carbonyl (C=O) groups excluding carboxylic acids is 1. The van der Waals surface area contributed by atoms with Gasteiger partial charge in [0.15, 0.2) is 6.10 Å². The Kier molecular flexibility index (Phi) is 4.17. The van der Waals surface area contributed by atoms with E-state index >= 15 is 0 Å². The second kappa shape index (κ2) is 6.77. The molecule has 0 radical (unpaired) electrons. The van der Waals surface area contributed by atoms with Gasteiger partial charge in [-0.15, -0.1) is 0 Å². The van der Waals surface area contributed by atoms with Crippen LogP contribution in [0.4, 0.5) is 0 Å². The van der Waals surface area contributed by atoms with E-state index < -0.39 is 6.10 Å². The molecule has 4 heteroatoms. The highest BCUT2D eigenvalue weighted by atomic mass is 16.5. The maximum Gasteiger partial charge on any atom is 0.262 e. The zero-order chi connectivity index (χ0) is 17.1. The number of benzene rings is 2. The highest BCUT2D eigenvalue weighted by Gasteiger charge is 2.31. The van der Waals surface area contributed by atoms with Crippen LogP contribution in [-0.4, -0.2) is 17.0 Å². The topological polar surface area (TPSA) is 51.2 Å². The smallest absolute Gasteiger partial charge is 0.262 e. The molecule has 2 heterocycles. The van der Waals surface area contributed by atoms with Gasteiger partial charge in [0.25, 0.3) is 5.91 Å². The maximum atomic E-state index is 12.8. The molecule has 2 unspecified atom stereocenters. The Morgan fingerprint density at radius 1 is 1.00 bits per heavy atom. The van der Waals surface area contributed by atoms with Crippen LogP contribution in [0.3, 0.4) is 0 Å². The van der Waals surface area contributed by atoms with Gasteiger partial charge in [-0.1, -0.05) is 54.6 Å². The Morgan fingerprint density at radius 2 is 1.76 bits per heavy atom. The molecule has 0 fully saturated rings. The lowest BCUT2D eigenvalue weighted by Gasteiger charge is -2.21. The number of para-hydroxylation sites is 1. The molecule has 1 aromatic heterocycles. The number of hydrogen-bond acceptors (Lipinski definition) is 3. The van der Waals surface area contributed by atoms with E-state index in [1.165, 1.54) is 0 Å². The van der Waals surface area contributed by atoms with Gasteiger partial charge in [-0.2, -0.15) is 0 Å². The third kappa shape index (κ3) is 3.24. The second-order valence-corrected chi connectivity index (χ2v) is 6.03. The first-order valence-electron chi connectivity index (χ1n) is 8.32. The van der Waals surface area contributed by atoms with Crippen molar-refractivity contribution < 1.29 is 9.53 Å². The molecule has 1 amide bonds. The number of pyridine rings is 1. The van der Waals surface area contributed by atoms with E-state index in [9.17, 15) is 4.79 Å². The van der Waals surface area contributed by atoms with Crippen LogP contribution < -0.4 is 10.1 Å². The highest BCUT2D eigenvalue weighted by Crippen LogP contribution is 2.29. The van der Waals surface area contributed by atoms with E-state index in [1.54, 1.807) is 6.20 Å². The molecule has 2 aromatic carbocycles. The molecule has 1 aliphatic heterocycles. The largest absolute Gasteiger partial charge is 0.480 e. The SMILES string of the molecule is O=C(NC(c1ccccc1)c1ccccn1)C1Cc2ccccc2O1. The normalized spacial score (nSPS) is 16.6. The third-order valence-corrected chi connectivity index (χ3v) is 4.34. The van der Waals surface area contributed by atoms with Crippen molar-refractivity contribution in [3.63, 3.8) is 0 Å². The molecule has 0 aliphatic carbocycles. The molecule has 0 spiro atoms. The Labute approximate surface area is 146 Å². The summed E-state index contributed by atoms with van der Waals surface area (Å²) in [6.07, 6.45) is 1.82. The highest BCUT2D eigenvalue weighted by molar-refractivity contribution is 5.83. The van der Waals surface area contributed by atoms with Crippen molar-refractivity contribution in [1.82, 2.24) is 10.3 Å². The number of aromatic nitrogens is 1. The Morgan fingerprint density at radius 3 is 2.52 bits per heavy atom. The molecule has 25 heavy (non-hydrogen) atoms. The lowest BCUT2D eigenvalue weighted by Crippen LogP contribution is -2.40. The zero-order valence-corrected chi connectivity index (χ0v) is 13.6. The van der Waals surface area contributed by atoms with Crippen LogP contribution in [0.5, 0.6) is 5.75 Å². The van der Waals surface area contributed by atoms with E-state index in [-0.39, 0.29) is 11.9 Å². The minimum Gasteiger partial charge on any atom is -0.480 e. The van der Waals surface area contributed by atoms with E-state index in [0.717, 1.165) is 22.6 Å². The zero-order valence-electron chi connectivity index (χ0n) is 13.6. The molecule has 2 atom stereocenters. The average molecular weight is 330 g/mol. The molecular formula is C21H18N2O2. The molecule has 0 saturated carbocycles. The summed E-state index contributed by atoms with van der Waals surface area (Å²) in [5.74, 6) is 0.660. The van der Waals surface area contributed by atoms with Gasteiger partial charge in [-0.25, -0.2) is 0 Å². The summed E-state index contributed by atoms with van der Waals surface area (Å²) < 4.78 is 5.81. The number of amides is 1. The van der Waals surface area contributed by atoms with Crippen molar-refractivity contribution in [2.45, 2.75) is 18.6 Å². The Bertz CT molecular complexity index is 801. The van der Waals surface area contributed by atoms with Crippen molar-refractivity contribution in [2.24, 2.45) is 0 Å². The van der Waals surface area contributed by atoms with Crippen molar-refractivity contribution in [1.29, 1.82) is 0 Å². The van der Waals surface area contributed by atoms with Gasteiger partial charge >= 0.3 is 0 Å². The van der Waals surface area contributed by atoms with Crippen LogP contribution in [0, 0.1) is 0 Å². The summed E-state index contributed by atoms with van der Waals surface area (Å²) in [5.41, 5.74) is 2.86. The van der Waals surface area contributed by atoms with E-state index in [1.807, 2.05) is 72.8 Å². The summed E-state index contributed by atoms with van der Waals surface area (Å²) >= 11 is 0. The maximum absolute atomic E-state index is 12.8. The lowest BCUT2D eigenvalue weighted by atomic mass is 10.0. The minimum absolute atomic E-state index is 0.129. The number of rotatable bonds is 4. The number of carbonyl (C=O) groups is 1. The number of ether oxygens (including phenoxy) is 1. The number of nitrogens with one attached hydrogen (secondary N) is 1. The van der Waals surface area contributed by atoms with Crippen LogP contribution in [0.2, 0.25) is 0 Å². The van der Waals surface area contributed by atoms with E-state index in [2.05, 4.69) is 10.3 Å². The van der Waals surface area contributed by atoms with Crippen LogP contribution in [0.1, 0.15) is 22.9 Å². The van der Waals surface area contributed by atoms with Crippen LogP contribution in [0.25, 0.3) is 0 Å². The Balaban J connectivity index is 1.56. The van der Waals surface area contributed by atoms with Crippen molar-refractivity contribution >= 4 is 5.91 Å². The molecular weight excluding hydrogens is 312 g/mol. The van der Waals surface area contributed by atoms with Crippen molar-refractivity contribution in [3.8, 4) is 5.75 Å². The first-order valence-corrected chi connectivity index (χ1v) is 8.32. The minimum atomic E-state index is -0.507. The lowest BCUT2D eigenvalue weighted by molar-refractivity contribution is -0.127. The fourth-order valence-electron chi connectivity index (χ4n) is 3.08. The molecule has 3 aromatic rings. The van der Waals surface area contributed by atoms with E-state index in [0.29, 0.717) is 6.42 Å². The number of nitrogens with zero attached hydrogens (tertiary/aromatic N) is 1. The predicted octanol–water partition coefficient (Wildman–Crippen LogP) is 3.29. The summed E-state index contributed by atoms with van der Waals surface area (Å²) in [6, 6.07) is 23.0. The fraction of sp³-hybridized carbons (Fsp3) is 0.143. The first kappa shape index (κ1) is 15.4. The summed E-state index contributed by atoms with van der Waals surface area (Å²) in [5, 5.41) is 3.10. The first-order chi connectivity index (χ1) is 12.3. The van der Waals surface area contributed by atoms with Gasteiger partial charge in [0.1, 0.15) is 5.75 Å². The monoisotopic (exact) mass is 330 g/mol. The summed E-state index contributed by atoms with van der Waals surface area (Å²) in [6.45, 7) is 0. The molecule has 0 saturated heterocycles. The average Bonchev–Trinajstić information content (AvgIpc) is 3.12. The Hall–Kier alpha value is -3.14.